The highest BCUT2D eigenvalue weighted by atomic mass is 32.2. The summed E-state index contributed by atoms with van der Waals surface area (Å²) in [4.78, 5) is 16.2. The molecule has 1 aliphatic heterocycles. The quantitative estimate of drug-likeness (QED) is 0.606. The predicted octanol–water partition coefficient (Wildman–Crippen LogP) is 2.68. The van der Waals surface area contributed by atoms with Crippen LogP contribution in [0.2, 0.25) is 0 Å². The van der Waals surface area contributed by atoms with Crippen LogP contribution >= 0.6 is 23.5 Å². The molecule has 8 heteroatoms. The number of thiazole rings is 1. The van der Waals surface area contributed by atoms with Gasteiger partial charge in [0, 0.05) is 11.6 Å². The van der Waals surface area contributed by atoms with Crippen LogP contribution in [0.1, 0.15) is 25.8 Å². The Hall–Kier alpha value is -1.38. The number of rotatable bonds is 5. The summed E-state index contributed by atoms with van der Waals surface area (Å²) in [5, 5.41) is 2.65. The number of nitrogens with zero attached hydrogens (tertiary/aromatic N) is 3. The van der Waals surface area contributed by atoms with Crippen LogP contribution in [0.3, 0.4) is 0 Å². The third kappa shape index (κ3) is 4.56. The fourth-order valence-electron chi connectivity index (χ4n) is 1.68. The predicted molar refractivity (Wildman–Crippen MR) is 88.8 cm³/mol. The minimum Gasteiger partial charge on any atom is -0.464 e. The standard InChI is InChI=1S/C14H19N3O3S2/c1-14(2,3)20-7-6-17-11(13(18)19-4)9-10(16-22-17)12-15-5-8-21-12/h5,8-9H,6-7H2,1-4H3. The number of allylic oxidation sites excluding steroid dienone is 1. The largest absolute Gasteiger partial charge is 0.464 e. The van der Waals surface area contributed by atoms with Gasteiger partial charge in [0.25, 0.3) is 0 Å². The van der Waals surface area contributed by atoms with Crippen molar-refractivity contribution in [1.82, 2.24) is 9.29 Å². The van der Waals surface area contributed by atoms with E-state index in [1.807, 2.05) is 26.2 Å². The molecule has 2 heterocycles. The zero-order chi connectivity index (χ0) is 16.2. The summed E-state index contributed by atoms with van der Waals surface area (Å²) in [6.07, 6.45) is 3.42. The molecule has 22 heavy (non-hydrogen) atoms. The van der Waals surface area contributed by atoms with E-state index in [2.05, 4.69) is 9.38 Å². The van der Waals surface area contributed by atoms with Crippen LogP contribution in [-0.4, -0.2) is 46.8 Å². The van der Waals surface area contributed by atoms with Gasteiger partial charge in [-0.2, -0.15) is 4.40 Å². The summed E-state index contributed by atoms with van der Waals surface area (Å²) in [7, 11) is 1.37. The van der Waals surface area contributed by atoms with E-state index < -0.39 is 5.97 Å². The molecular formula is C14H19N3O3S2. The molecule has 0 fully saturated rings. The van der Waals surface area contributed by atoms with Gasteiger partial charge in [-0.25, -0.2) is 9.78 Å². The summed E-state index contributed by atoms with van der Waals surface area (Å²) in [6, 6.07) is 0. The summed E-state index contributed by atoms with van der Waals surface area (Å²) >= 11 is 2.69. The zero-order valence-corrected chi connectivity index (χ0v) is 14.7. The molecular weight excluding hydrogens is 322 g/mol. The number of esters is 1. The molecule has 0 unspecified atom stereocenters. The lowest BCUT2D eigenvalue weighted by Gasteiger charge is -2.27. The molecule has 1 aromatic heterocycles. The van der Waals surface area contributed by atoms with Gasteiger partial charge in [-0.3, -0.25) is 4.31 Å². The lowest BCUT2D eigenvalue weighted by molar-refractivity contribution is -0.137. The minimum absolute atomic E-state index is 0.217. The number of ether oxygens (including phenoxy) is 2. The van der Waals surface area contributed by atoms with Crippen LogP contribution in [0.4, 0.5) is 0 Å². The van der Waals surface area contributed by atoms with Crippen LogP contribution in [0, 0.1) is 0 Å². The van der Waals surface area contributed by atoms with Crippen molar-refractivity contribution in [3.8, 4) is 0 Å². The third-order valence-corrected chi connectivity index (χ3v) is 4.31. The van der Waals surface area contributed by atoms with Gasteiger partial charge >= 0.3 is 5.97 Å². The molecule has 120 valence electrons. The monoisotopic (exact) mass is 341 g/mol. The maximum absolute atomic E-state index is 12.0. The second-order valence-corrected chi connectivity index (χ2v) is 7.16. The van der Waals surface area contributed by atoms with Gasteiger partial charge in [0.1, 0.15) is 16.4 Å². The maximum atomic E-state index is 12.0. The third-order valence-electron chi connectivity index (χ3n) is 2.66. The van der Waals surface area contributed by atoms with E-state index in [0.29, 0.717) is 24.6 Å². The smallest absolute Gasteiger partial charge is 0.355 e. The summed E-state index contributed by atoms with van der Waals surface area (Å²) in [5.74, 6) is -0.396. The number of aromatic nitrogens is 1. The van der Waals surface area contributed by atoms with E-state index in [9.17, 15) is 4.79 Å². The van der Waals surface area contributed by atoms with Crippen molar-refractivity contribution in [3.63, 3.8) is 0 Å². The number of carbonyl (C=O) groups is 1. The molecule has 0 saturated heterocycles. The zero-order valence-electron chi connectivity index (χ0n) is 13.0. The van der Waals surface area contributed by atoms with Crippen LogP contribution in [0.5, 0.6) is 0 Å². The van der Waals surface area contributed by atoms with Crippen molar-refractivity contribution in [2.24, 2.45) is 4.40 Å². The van der Waals surface area contributed by atoms with Crippen molar-refractivity contribution in [2.75, 3.05) is 20.3 Å². The molecule has 0 saturated carbocycles. The Bertz CT molecular complexity index is 577. The molecule has 1 aliphatic rings. The van der Waals surface area contributed by atoms with Gasteiger partial charge in [0.2, 0.25) is 0 Å². The summed E-state index contributed by atoms with van der Waals surface area (Å²) < 4.78 is 16.7. The van der Waals surface area contributed by atoms with Crippen LogP contribution in [0.15, 0.2) is 27.7 Å². The average Bonchev–Trinajstić information content (AvgIpc) is 2.99. The number of hydrogen-bond donors (Lipinski definition) is 0. The normalized spacial score (nSPS) is 15.4. The highest BCUT2D eigenvalue weighted by Crippen LogP contribution is 2.27. The second-order valence-electron chi connectivity index (χ2n) is 5.48. The highest BCUT2D eigenvalue weighted by molar-refractivity contribution is 7.96. The first-order valence-corrected chi connectivity index (χ1v) is 8.38. The first kappa shape index (κ1) is 17.0. The Kier molecular flexibility index (Phi) is 5.60. The topological polar surface area (TPSA) is 64.0 Å². The molecule has 0 spiro atoms. The molecule has 0 radical (unpaired) electrons. The van der Waals surface area contributed by atoms with Gasteiger partial charge < -0.3 is 9.47 Å². The van der Waals surface area contributed by atoms with Crippen molar-refractivity contribution in [3.05, 3.63) is 28.4 Å². The van der Waals surface area contributed by atoms with Gasteiger partial charge in [0.15, 0.2) is 0 Å². The van der Waals surface area contributed by atoms with E-state index in [-0.39, 0.29) is 5.60 Å². The summed E-state index contributed by atoms with van der Waals surface area (Å²) in [5.41, 5.74) is 0.906. The Morgan fingerprint density at radius 3 is 2.77 bits per heavy atom. The summed E-state index contributed by atoms with van der Waals surface area (Å²) in [6.45, 7) is 7.01. The SMILES string of the molecule is COC(=O)C1=CC(c2nccs2)=NSN1CCOC(C)(C)C. The van der Waals surface area contributed by atoms with E-state index in [1.165, 1.54) is 30.6 Å². The van der Waals surface area contributed by atoms with Crippen molar-refractivity contribution in [2.45, 2.75) is 26.4 Å². The Balaban J connectivity index is 2.09. The van der Waals surface area contributed by atoms with Gasteiger partial charge in [-0.1, -0.05) is 0 Å². The van der Waals surface area contributed by atoms with Gasteiger partial charge in [0.05, 0.1) is 38.0 Å². The Morgan fingerprint density at radius 2 is 2.18 bits per heavy atom. The first-order chi connectivity index (χ1) is 10.4. The van der Waals surface area contributed by atoms with Crippen molar-refractivity contribution < 1.29 is 14.3 Å². The molecule has 2 rings (SSSR count). The molecule has 0 aliphatic carbocycles. The average molecular weight is 341 g/mol. The minimum atomic E-state index is -0.396. The van der Waals surface area contributed by atoms with E-state index in [4.69, 9.17) is 9.47 Å². The molecule has 0 bridgehead atoms. The fourth-order valence-corrected chi connectivity index (χ4v) is 3.03. The van der Waals surface area contributed by atoms with Crippen LogP contribution in [0.25, 0.3) is 0 Å². The molecule has 0 atom stereocenters. The lowest BCUT2D eigenvalue weighted by Crippen LogP contribution is -2.31. The maximum Gasteiger partial charge on any atom is 0.355 e. The van der Waals surface area contributed by atoms with Crippen LogP contribution in [-0.2, 0) is 14.3 Å². The van der Waals surface area contributed by atoms with Gasteiger partial charge in [-0.05, 0) is 26.8 Å². The number of methoxy groups -OCH3 is 1. The number of hydrogen-bond acceptors (Lipinski definition) is 8. The molecule has 0 aromatic carbocycles. The second kappa shape index (κ2) is 7.26. The first-order valence-electron chi connectivity index (χ1n) is 6.77. The highest BCUT2D eigenvalue weighted by Gasteiger charge is 2.25. The van der Waals surface area contributed by atoms with Gasteiger partial charge in [-0.15, -0.1) is 11.3 Å². The van der Waals surface area contributed by atoms with Crippen LogP contribution < -0.4 is 0 Å². The Morgan fingerprint density at radius 1 is 1.41 bits per heavy atom. The van der Waals surface area contributed by atoms with Crippen molar-refractivity contribution >= 4 is 35.2 Å². The Labute approximate surface area is 138 Å². The lowest BCUT2D eigenvalue weighted by atomic mass is 10.2. The van der Waals surface area contributed by atoms with Crippen molar-refractivity contribution in [1.29, 1.82) is 0 Å². The van der Waals surface area contributed by atoms with E-state index in [0.717, 1.165) is 5.01 Å². The number of carbonyl (C=O) groups excluding carboxylic acids is 1. The van der Waals surface area contributed by atoms with E-state index >= 15 is 0 Å². The molecule has 6 nitrogen and oxygen atoms in total. The molecule has 1 aromatic rings. The van der Waals surface area contributed by atoms with E-state index in [1.54, 1.807) is 16.6 Å². The molecule has 0 amide bonds. The molecule has 0 N–H and O–H groups in total. The fraction of sp³-hybridized carbons (Fsp3) is 0.500.